The lowest BCUT2D eigenvalue weighted by Crippen LogP contribution is -2.53. The molecule has 162 valence electrons. The Morgan fingerprint density at radius 1 is 1.23 bits per heavy atom. The van der Waals surface area contributed by atoms with Crippen LogP contribution in [0, 0.1) is 5.92 Å². The largest absolute Gasteiger partial charge is 0.396 e. The highest BCUT2D eigenvalue weighted by molar-refractivity contribution is 5.99. The number of fused-ring (bicyclic) bond motifs is 1. The zero-order chi connectivity index (χ0) is 21.1. The lowest BCUT2D eigenvalue weighted by atomic mass is 9.91. The van der Waals surface area contributed by atoms with Gasteiger partial charge < -0.3 is 26.4 Å². The molecule has 5 N–H and O–H groups in total. The van der Waals surface area contributed by atoms with E-state index in [1.54, 1.807) is 6.92 Å². The number of nitrogens with one attached hydrogen (secondary N) is 2. The Balaban J connectivity index is 1.60. The monoisotopic (exact) mass is 412 g/mol. The van der Waals surface area contributed by atoms with Crippen LogP contribution in [-0.4, -0.2) is 58.9 Å². The van der Waals surface area contributed by atoms with Crippen LogP contribution < -0.4 is 21.3 Å². The second-order valence-electron chi connectivity index (χ2n) is 8.58. The highest BCUT2D eigenvalue weighted by Gasteiger charge is 2.33. The molecule has 1 aliphatic carbocycles. The Labute approximate surface area is 177 Å². The summed E-state index contributed by atoms with van der Waals surface area (Å²) in [6.45, 7) is 3.20. The summed E-state index contributed by atoms with van der Waals surface area (Å²) in [7, 11) is 0. The van der Waals surface area contributed by atoms with Gasteiger partial charge in [0.25, 0.3) is 5.91 Å². The Morgan fingerprint density at radius 3 is 2.60 bits per heavy atom. The number of aromatic nitrogens is 2. The average molecular weight is 413 g/mol. The topological polar surface area (TPSA) is 116 Å². The molecule has 1 amide bonds. The summed E-state index contributed by atoms with van der Waals surface area (Å²) in [5, 5.41) is 16.6. The average Bonchev–Trinajstić information content (AvgIpc) is 3.25. The molecule has 2 heterocycles. The van der Waals surface area contributed by atoms with Crippen molar-refractivity contribution in [3.8, 4) is 0 Å². The van der Waals surface area contributed by atoms with E-state index in [2.05, 4.69) is 20.5 Å². The quantitative estimate of drug-likeness (QED) is 0.530. The zero-order valence-corrected chi connectivity index (χ0v) is 17.6. The number of hydrogen-bond acceptors (Lipinski definition) is 7. The Kier molecular flexibility index (Phi) is 6.46. The Hall–Kier alpha value is -2.29. The van der Waals surface area contributed by atoms with Crippen LogP contribution in [0.4, 0.5) is 5.82 Å². The first-order chi connectivity index (χ1) is 14.5. The highest BCUT2D eigenvalue weighted by Crippen LogP contribution is 2.28. The van der Waals surface area contributed by atoms with E-state index in [0.717, 1.165) is 18.5 Å². The maximum absolute atomic E-state index is 12.8. The minimum atomic E-state index is -0.481. The van der Waals surface area contributed by atoms with E-state index in [-0.39, 0.29) is 30.2 Å². The van der Waals surface area contributed by atoms with Gasteiger partial charge in [-0.3, -0.25) is 4.79 Å². The van der Waals surface area contributed by atoms with Crippen LogP contribution in [0.25, 0.3) is 11.0 Å². The van der Waals surface area contributed by atoms with Crippen molar-refractivity contribution in [2.75, 3.05) is 24.6 Å². The molecule has 2 aromatic rings. The van der Waals surface area contributed by atoms with Gasteiger partial charge in [-0.2, -0.15) is 0 Å². The number of piperidine rings is 1. The van der Waals surface area contributed by atoms with Crippen molar-refractivity contribution in [2.45, 2.75) is 57.3 Å². The third kappa shape index (κ3) is 4.55. The number of carbonyl (C=O) groups is 1. The van der Waals surface area contributed by atoms with Crippen LogP contribution in [0.15, 0.2) is 24.3 Å². The van der Waals surface area contributed by atoms with E-state index in [4.69, 9.17) is 10.7 Å². The molecule has 0 radical (unpaired) electrons. The van der Waals surface area contributed by atoms with Crippen LogP contribution in [0.2, 0.25) is 0 Å². The van der Waals surface area contributed by atoms with Crippen molar-refractivity contribution < 1.29 is 9.90 Å². The van der Waals surface area contributed by atoms with Crippen molar-refractivity contribution >= 4 is 22.8 Å². The van der Waals surface area contributed by atoms with Crippen molar-refractivity contribution in [3.05, 3.63) is 30.0 Å². The van der Waals surface area contributed by atoms with E-state index >= 15 is 0 Å². The van der Waals surface area contributed by atoms with Crippen molar-refractivity contribution in [1.29, 1.82) is 0 Å². The van der Waals surface area contributed by atoms with Crippen LogP contribution in [-0.2, 0) is 0 Å². The number of hydrogen-bond donors (Lipinski definition) is 4. The van der Waals surface area contributed by atoms with Crippen LogP contribution in [0.5, 0.6) is 0 Å². The summed E-state index contributed by atoms with van der Waals surface area (Å²) < 4.78 is 0. The maximum atomic E-state index is 12.8. The van der Waals surface area contributed by atoms with E-state index < -0.39 is 6.17 Å². The fourth-order valence-corrected chi connectivity index (χ4v) is 4.66. The molecule has 1 saturated carbocycles. The molecule has 1 aliphatic heterocycles. The predicted octanol–water partition coefficient (Wildman–Crippen LogP) is 1.38. The van der Waals surface area contributed by atoms with Crippen LogP contribution in [0.3, 0.4) is 0 Å². The molecule has 0 bridgehead atoms. The second kappa shape index (κ2) is 9.24. The van der Waals surface area contributed by atoms with Gasteiger partial charge in [0.05, 0.1) is 17.2 Å². The number of para-hydroxylation sites is 2. The molecule has 2 fully saturated rings. The van der Waals surface area contributed by atoms with Gasteiger partial charge in [0.1, 0.15) is 0 Å². The minimum Gasteiger partial charge on any atom is -0.396 e. The Bertz CT molecular complexity index is 883. The van der Waals surface area contributed by atoms with Crippen molar-refractivity contribution in [3.63, 3.8) is 0 Å². The number of anilines is 1. The molecule has 3 atom stereocenters. The molecular weight excluding hydrogens is 380 g/mol. The standard InChI is InChI=1S/C22H32N6O2/c1-14(23)24-22(30)20-21(27-19-9-5-4-8-18(19)26-20)28-11-10-17(15(12-28)13-29)25-16-6-2-3-7-16/h4-5,8-9,14-17,25,29H,2-3,6-7,10-13,23H2,1H3,(H,24,30). The lowest BCUT2D eigenvalue weighted by Gasteiger charge is -2.40. The smallest absolute Gasteiger partial charge is 0.274 e. The molecule has 0 spiro atoms. The number of nitrogens with two attached hydrogens (primary N) is 1. The SMILES string of the molecule is CC(N)NC(=O)c1nc2ccccc2nc1N1CCC(NC2CCCC2)C(CO)C1. The number of rotatable bonds is 6. The third-order valence-electron chi connectivity index (χ3n) is 6.20. The first-order valence-electron chi connectivity index (χ1n) is 11.0. The van der Waals surface area contributed by atoms with Gasteiger partial charge in [0, 0.05) is 37.7 Å². The molecule has 4 rings (SSSR count). The van der Waals surface area contributed by atoms with Gasteiger partial charge in [-0.1, -0.05) is 25.0 Å². The first kappa shape index (κ1) is 21.0. The van der Waals surface area contributed by atoms with Gasteiger partial charge in [-0.05, 0) is 38.3 Å². The van der Waals surface area contributed by atoms with Crippen molar-refractivity contribution in [2.24, 2.45) is 11.7 Å². The maximum Gasteiger partial charge on any atom is 0.274 e. The third-order valence-corrected chi connectivity index (χ3v) is 6.20. The fraction of sp³-hybridized carbons (Fsp3) is 0.591. The van der Waals surface area contributed by atoms with Crippen molar-refractivity contribution in [1.82, 2.24) is 20.6 Å². The van der Waals surface area contributed by atoms with E-state index in [0.29, 0.717) is 23.9 Å². The molecule has 1 aromatic carbocycles. The summed E-state index contributed by atoms with van der Waals surface area (Å²) in [6.07, 6.45) is 5.41. The normalized spacial score (nSPS) is 23.6. The number of amides is 1. The molecular formula is C22H32N6O2. The van der Waals surface area contributed by atoms with Gasteiger partial charge in [-0.25, -0.2) is 9.97 Å². The predicted molar refractivity (Wildman–Crippen MR) is 117 cm³/mol. The highest BCUT2D eigenvalue weighted by atomic mass is 16.3. The van der Waals surface area contributed by atoms with E-state index in [1.807, 2.05) is 24.3 Å². The van der Waals surface area contributed by atoms with Gasteiger partial charge in [0.15, 0.2) is 11.5 Å². The second-order valence-corrected chi connectivity index (χ2v) is 8.58. The summed E-state index contributed by atoms with van der Waals surface area (Å²) in [5.41, 5.74) is 7.48. The molecule has 1 aromatic heterocycles. The van der Waals surface area contributed by atoms with E-state index in [1.165, 1.54) is 25.7 Å². The molecule has 2 aliphatic rings. The molecule has 8 nitrogen and oxygen atoms in total. The molecule has 30 heavy (non-hydrogen) atoms. The van der Waals surface area contributed by atoms with Gasteiger partial charge in [0.2, 0.25) is 0 Å². The minimum absolute atomic E-state index is 0.0805. The number of carbonyl (C=O) groups excluding carboxylic acids is 1. The molecule has 8 heteroatoms. The van der Waals surface area contributed by atoms with Gasteiger partial charge >= 0.3 is 0 Å². The summed E-state index contributed by atoms with van der Waals surface area (Å²) in [4.78, 5) is 24.3. The number of aliphatic hydroxyl groups excluding tert-OH is 1. The fourth-order valence-electron chi connectivity index (χ4n) is 4.66. The van der Waals surface area contributed by atoms with E-state index in [9.17, 15) is 9.90 Å². The Morgan fingerprint density at radius 2 is 1.93 bits per heavy atom. The van der Waals surface area contributed by atoms with Gasteiger partial charge in [-0.15, -0.1) is 0 Å². The number of benzene rings is 1. The summed E-state index contributed by atoms with van der Waals surface area (Å²) >= 11 is 0. The number of aliphatic hydroxyl groups is 1. The molecule has 1 saturated heterocycles. The summed E-state index contributed by atoms with van der Waals surface area (Å²) in [5.74, 6) is 0.312. The zero-order valence-electron chi connectivity index (χ0n) is 17.6. The van der Waals surface area contributed by atoms with Crippen LogP contribution in [0.1, 0.15) is 49.5 Å². The lowest BCUT2D eigenvalue weighted by molar-refractivity contribution is 0.0936. The summed E-state index contributed by atoms with van der Waals surface area (Å²) in [6, 6.07) is 8.38. The molecule has 3 unspecified atom stereocenters. The first-order valence-corrected chi connectivity index (χ1v) is 11.0. The number of nitrogens with zero attached hydrogens (tertiary/aromatic N) is 3. The van der Waals surface area contributed by atoms with Crippen LogP contribution >= 0.6 is 0 Å².